The van der Waals surface area contributed by atoms with Gasteiger partial charge in [-0.25, -0.2) is 9.97 Å². The molecule has 196 valence electrons. The summed E-state index contributed by atoms with van der Waals surface area (Å²) in [6.07, 6.45) is 3.93. The molecule has 2 aromatic heterocycles. The maximum atomic E-state index is 5.23. The lowest BCUT2D eigenvalue weighted by Crippen LogP contribution is -1.98. The van der Waals surface area contributed by atoms with Gasteiger partial charge in [-0.3, -0.25) is 4.98 Å². The van der Waals surface area contributed by atoms with Crippen molar-refractivity contribution < 1.29 is 0 Å². The first kappa shape index (κ1) is 24.2. The normalized spacial score (nSPS) is 11.3. The Hall–Kier alpha value is -5.67. The fourth-order valence-corrected chi connectivity index (χ4v) is 6.05. The number of benzene rings is 6. The first-order valence-corrected chi connectivity index (χ1v) is 14.1. The molecule has 0 bridgehead atoms. The Morgan fingerprint density at radius 2 is 0.833 bits per heavy atom. The van der Waals surface area contributed by atoms with Gasteiger partial charge in [-0.1, -0.05) is 133 Å². The maximum Gasteiger partial charge on any atom is 0.161 e. The van der Waals surface area contributed by atoms with E-state index in [2.05, 4.69) is 132 Å². The van der Waals surface area contributed by atoms with Crippen LogP contribution in [0.4, 0.5) is 0 Å². The summed E-state index contributed by atoms with van der Waals surface area (Å²) in [4.78, 5) is 15.1. The molecule has 0 N–H and O–H groups in total. The van der Waals surface area contributed by atoms with Gasteiger partial charge in [0.2, 0.25) is 0 Å². The highest BCUT2D eigenvalue weighted by molar-refractivity contribution is 6.22. The topological polar surface area (TPSA) is 38.7 Å². The highest BCUT2D eigenvalue weighted by Gasteiger charge is 2.20. The number of pyridine rings is 1. The van der Waals surface area contributed by atoms with Gasteiger partial charge in [0.1, 0.15) is 0 Å². The molecule has 0 saturated carbocycles. The van der Waals surface area contributed by atoms with E-state index in [0.717, 1.165) is 60.6 Å². The van der Waals surface area contributed by atoms with Gasteiger partial charge < -0.3 is 0 Å². The Morgan fingerprint density at radius 1 is 0.381 bits per heavy atom. The van der Waals surface area contributed by atoms with Crippen LogP contribution < -0.4 is 0 Å². The number of hydrogen-bond donors (Lipinski definition) is 0. The molecule has 3 heteroatoms. The van der Waals surface area contributed by atoms with Gasteiger partial charge in [-0.05, 0) is 38.6 Å². The lowest BCUT2D eigenvalue weighted by molar-refractivity contribution is 1.19. The Bertz CT molecular complexity index is 2120. The third-order valence-electron chi connectivity index (χ3n) is 7.96. The molecule has 0 aliphatic rings. The molecule has 0 radical (unpaired) electrons. The van der Waals surface area contributed by atoms with Crippen LogP contribution in [0.25, 0.3) is 77.3 Å². The van der Waals surface area contributed by atoms with Crippen LogP contribution >= 0.6 is 0 Å². The van der Waals surface area contributed by atoms with Crippen LogP contribution in [0, 0.1) is 0 Å². The predicted molar refractivity (Wildman–Crippen MR) is 174 cm³/mol. The van der Waals surface area contributed by atoms with Crippen molar-refractivity contribution in [3.63, 3.8) is 0 Å². The zero-order valence-electron chi connectivity index (χ0n) is 22.8. The van der Waals surface area contributed by atoms with Crippen LogP contribution in [0.2, 0.25) is 0 Å². The van der Waals surface area contributed by atoms with Crippen LogP contribution in [-0.2, 0) is 0 Å². The number of fused-ring (bicyclic) bond motifs is 3. The highest BCUT2D eigenvalue weighted by Crippen LogP contribution is 2.44. The minimum atomic E-state index is 0.713. The molecule has 42 heavy (non-hydrogen) atoms. The lowest BCUT2D eigenvalue weighted by Gasteiger charge is -2.18. The molecular formula is C39H25N3. The Balaban J connectivity index is 1.49. The summed E-state index contributed by atoms with van der Waals surface area (Å²) in [5, 5.41) is 6.84. The first-order valence-electron chi connectivity index (χ1n) is 14.1. The van der Waals surface area contributed by atoms with Crippen molar-refractivity contribution in [3.8, 4) is 45.0 Å². The molecule has 8 aromatic rings. The molecule has 0 spiro atoms. The number of nitrogens with zero attached hydrogens (tertiary/aromatic N) is 3. The van der Waals surface area contributed by atoms with Crippen LogP contribution in [0.5, 0.6) is 0 Å². The van der Waals surface area contributed by atoms with Crippen LogP contribution in [0.15, 0.2) is 152 Å². The molecule has 0 fully saturated rings. The molecule has 0 saturated heterocycles. The van der Waals surface area contributed by atoms with Crippen molar-refractivity contribution in [2.45, 2.75) is 0 Å². The van der Waals surface area contributed by atoms with E-state index < -0.39 is 0 Å². The Kier molecular flexibility index (Phi) is 5.79. The van der Waals surface area contributed by atoms with E-state index in [0.29, 0.717) is 5.82 Å². The van der Waals surface area contributed by atoms with E-state index in [4.69, 9.17) is 9.97 Å². The molecule has 0 amide bonds. The summed E-state index contributed by atoms with van der Waals surface area (Å²) in [7, 11) is 0. The van der Waals surface area contributed by atoms with Crippen molar-refractivity contribution >= 4 is 32.3 Å². The van der Waals surface area contributed by atoms with Crippen LogP contribution in [0.3, 0.4) is 0 Å². The summed E-state index contributed by atoms with van der Waals surface area (Å²) in [5.74, 6) is 0.713. The first-order chi connectivity index (χ1) is 20.8. The summed E-state index contributed by atoms with van der Waals surface area (Å²) in [6.45, 7) is 0. The highest BCUT2D eigenvalue weighted by atomic mass is 14.9. The van der Waals surface area contributed by atoms with Gasteiger partial charge in [0.15, 0.2) is 5.82 Å². The second-order valence-corrected chi connectivity index (χ2v) is 10.4. The summed E-state index contributed by atoms with van der Waals surface area (Å²) >= 11 is 0. The van der Waals surface area contributed by atoms with Crippen molar-refractivity contribution in [1.29, 1.82) is 0 Å². The van der Waals surface area contributed by atoms with Crippen molar-refractivity contribution in [2.24, 2.45) is 0 Å². The number of rotatable bonds is 4. The fraction of sp³-hybridized carbons (Fsp3) is 0. The lowest BCUT2D eigenvalue weighted by atomic mass is 9.87. The van der Waals surface area contributed by atoms with Crippen molar-refractivity contribution in [1.82, 2.24) is 15.0 Å². The van der Waals surface area contributed by atoms with Gasteiger partial charge >= 0.3 is 0 Å². The van der Waals surface area contributed by atoms with E-state index >= 15 is 0 Å². The molecule has 6 aromatic carbocycles. The molecule has 0 unspecified atom stereocenters. The van der Waals surface area contributed by atoms with Gasteiger partial charge in [0.25, 0.3) is 0 Å². The quantitative estimate of drug-likeness (QED) is 0.211. The summed E-state index contributed by atoms with van der Waals surface area (Å²) < 4.78 is 0. The number of aromatic nitrogens is 3. The summed E-state index contributed by atoms with van der Waals surface area (Å²) in [6, 6.07) is 48.5. The molecule has 3 nitrogen and oxygen atoms in total. The zero-order chi connectivity index (χ0) is 27.9. The molecule has 0 aliphatic heterocycles. The van der Waals surface area contributed by atoms with E-state index in [1.54, 1.807) is 0 Å². The zero-order valence-corrected chi connectivity index (χ0v) is 22.8. The minimum Gasteiger partial charge on any atom is -0.263 e. The molecule has 0 aliphatic carbocycles. The Morgan fingerprint density at radius 3 is 1.38 bits per heavy atom. The van der Waals surface area contributed by atoms with E-state index in [1.807, 2.05) is 24.5 Å². The second-order valence-electron chi connectivity index (χ2n) is 10.4. The third kappa shape index (κ3) is 4.03. The molecular weight excluding hydrogens is 510 g/mol. The van der Waals surface area contributed by atoms with Crippen molar-refractivity contribution in [3.05, 3.63) is 152 Å². The molecule has 8 rings (SSSR count). The van der Waals surface area contributed by atoms with Crippen molar-refractivity contribution in [2.75, 3.05) is 0 Å². The monoisotopic (exact) mass is 535 g/mol. The third-order valence-corrected chi connectivity index (χ3v) is 7.96. The second kappa shape index (κ2) is 10.1. The average Bonchev–Trinajstić information content (AvgIpc) is 3.07. The largest absolute Gasteiger partial charge is 0.263 e. The standard InChI is InChI=1S/C39H25N3/c1-3-13-26(14-4-1)35-23-36(27-15-5-2-6-16-27)42-39(41-35)38-32-21-11-9-19-30(32)37(31-20-10-12-22-33(31)38)34-25-40-24-28-17-7-8-18-29(28)34/h1-25H. The van der Waals surface area contributed by atoms with Crippen LogP contribution in [0.1, 0.15) is 0 Å². The van der Waals surface area contributed by atoms with Crippen LogP contribution in [-0.4, -0.2) is 15.0 Å². The number of hydrogen-bond acceptors (Lipinski definition) is 3. The van der Waals surface area contributed by atoms with E-state index in [-0.39, 0.29) is 0 Å². The van der Waals surface area contributed by atoms with E-state index in [9.17, 15) is 0 Å². The molecule has 0 atom stereocenters. The maximum absolute atomic E-state index is 5.23. The summed E-state index contributed by atoms with van der Waals surface area (Å²) in [5.41, 5.74) is 7.25. The smallest absolute Gasteiger partial charge is 0.161 e. The SMILES string of the molecule is c1ccc(-c2cc(-c3ccccc3)nc(-c3c4ccccc4c(-c4cncc5ccccc45)c4ccccc34)n2)cc1. The average molecular weight is 536 g/mol. The Labute approximate surface area is 243 Å². The van der Waals surface area contributed by atoms with Gasteiger partial charge in [-0.2, -0.15) is 0 Å². The predicted octanol–water partition coefficient (Wildman–Crippen LogP) is 10.00. The molecule has 2 heterocycles. The van der Waals surface area contributed by atoms with Gasteiger partial charge in [-0.15, -0.1) is 0 Å². The van der Waals surface area contributed by atoms with Gasteiger partial charge in [0.05, 0.1) is 11.4 Å². The van der Waals surface area contributed by atoms with Gasteiger partial charge in [0, 0.05) is 40.0 Å². The fourth-order valence-electron chi connectivity index (χ4n) is 6.05. The minimum absolute atomic E-state index is 0.713. The van der Waals surface area contributed by atoms with E-state index in [1.165, 1.54) is 10.9 Å².